The summed E-state index contributed by atoms with van der Waals surface area (Å²) in [5.74, 6) is 0.535. The summed E-state index contributed by atoms with van der Waals surface area (Å²) in [4.78, 5) is 0.138. The average Bonchev–Trinajstić information content (AvgIpc) is 2.53. The Morgan fingerprint density at radius 2 is 2.29 bits per heavy atom. The van der Waals surface area contributed by atoms with Crippen molar-refractivity contribution in [3.05, 3.63) is 23.8 Å². The van der Waals surface area contributed by atoms with E-state index < -0.39 is 10.0 Å². The highest BCUT2D eigenvalue weighted by Crippen LogP contribution is 2.25. The van der Waals surface area contributed by atoms with Crippen LogP contribution in [-0.2, 0) is 21.3 Å². The van der Waals surface area contributed by atoms with Crippen LogP contribution in [0.3, 0.4) is 0 Å². The number of hydrogen-bond acceptors (Lipinski definition) is 5. The molecule has 1 unspecified atom stereocenters. The molecule has 0 aromatic heterocycles. The molecule has 0 saturated carbocycles. The standard InChI is InChI=1S/C14H22N2O4S/c1-19-13-7-11(8-15)4-5-14(13)21(17,18)16-9-12-3-2-6-20-10-12/h4-5,7,12,16H,2-3,6,8-10,15H2,1H3. The van der Waals surface area contributed by atoms with Gasteiger partial charge >= 0.3 is 0 Å². The lowest BCUT2D eigenvalue weighted by atomic mass is 10.0. The molecule has 118 valence electrons. The molecular weight excluding hydrogens is 292 g/mol. The van der Waals surface area contributed by atoms with Crippen molar-refractivity contribution in [3.63, 3.8) is 0 Å². The van der Waals surface area contributed by atoms with Crippen molar-refractivity contribution in [3.8, 4) is 5.75 Å². The third-order valence-corrected chi connectivity index (χ3v) is 5.03. The predicted molar refractivity (Wildman–Crippen MR) is 79.6 cm³/mol. The molecule has 1 saturated heterocycles. The van der Waals surface area contributed by atoms with Crippen LogP contribution in [0.2, 0.25) is 0 Å². The van der Waals surface area contributed by atoms with E-state index in [0.29, 0.717) is 25.4 Å². The number of methoxy groups -OCH3 is 1. The molecule has 0 bridgehead atoms. The summed E-state index contributed by atoms with van der Waals surface area (Å²) in [6.45, 7) is 2.08. The van der Waals surface area contributed by atoms with Crippen molar-refractivity contribution >= 4 is 10.0 Å². The first kappa shape index (κ1) is 16.2. The third-order valence-electron chi connectivity index (χ3n) is 3.57. The highest BCUT2D eigenvalue weighted by molar-refractivity contribution is 7.89. The van der Waals surface area contributed by atoms with Crippen molar-refractivity contribution < 1.29 is 17.9 Å². The van der Waals surface area contributed by atoms with Crippen LogP contribution < -0.4 is 15.2 Å². The van der Waals surface area contributed by atoms with Gasteiger partial charge in [0.1, 0.15) is 10.6 Å². The van der Waals surface area contributed by atoms with E-state index in [4.69, 9.17) is 15.2 Å². The maximum Gasteiger partial charge on any atom is 0.244 e. The van der Waals surface area contributed by atoms with Gasteiger partial charge in [-0.25, -0.2) is 13.1 Å². The van der Waals surface area contributed by atoms with Crippen LogP contribution in [0.25, 0.3) is 0 Å². The summed E-state index contributed by atoms with van der Waals surface area (Å²) >= 11 is 0. The summed E-state index contributed by atoms with van der Waals surface area (Å²) < 4.78 is 37.9. The monoisotopic (exact) mass is 314 g/mol. The largest absolute Gasteiger partial charge is 0.495 e. The second-order valence-corrected chi connectivity index (χ2v) is 6.86. The van der Waals surface area contributed by atoms with Crippen molar-refractivity contribution in [1.29, 1.82) is 0 Å². The van der Waals surface area contributed by atoms with E-state index in [-0.39, 0.29) is 10.8 Å². The summed E-state index contributed by atoms with van der Waals surface area (Å²) in [5, 5.41) is 0. The fourth-order valence-electron chi connectivity index (χ4n) is 2.33. The van der Waals surface area contributed by atoms with Gasteiger partial charge in [0.05, 0.1) is 13.7 Å². The lowest BCUT2D eigenvalue weighted by molar-refractivity contribution is 0.0568. The molecule has 7 heteroatoms. The topological polar surface area (TPSA) is 90.7 Å². The van der Waals surface area contributed by atoms with Crippen molar-refractivity contribution in [1.82, 2.24) is 4.72 Å². The minimum Gasteiger partial charge on any atom is -0.495 e. The molecule has 0 radical (unpaired) electrons. The first-order chi connectivity index (χ1) is 10.1. The first-order valence-corrected chi connectivity index (χ1v) is 8.49. The zero-order valence-corrected chi connectivity index (χ0v) is 13.0. The van der Waals surface area contributed by atoms with E-state index in [2.05, 4.69) is 4.72 Å². The van der Waals surface area contributed by atoms with Gasteiger partial charge in [0.2, 0.25) is 10.0 Å². The van der Waals surface area contributed by atoms with Crippen LogP contribution in [-0.4, -0.2) is 35.3 Å². The van der Waals surface area contributed by atoms with Gasteiger partial charge in [-0.3, -0.25) is 0 Å². The van der Waals surface area contributed by atoms with Gasteiger partial charge < -0.3 is 15.2 Å². The Bertz CT molecular complexity index is 568. The second kappa shape index (κ2) is 7.22. The highest BCUT2D eigenvalue weighted by Gasteiger charge is 2.22. The van der Waals surface area contributed by atoms with Crippen LogP contribution in [0.5, 0.6) is 5.75 Å². The maximum atomic E-state index is 12.4. The molecule has 1 aromatic carbocycles. The molecular formula is C14H22N2O4S. The number of rotatable bonds is 6. The molecule has 21 heavy (non-hydrogen) atoms. The molecule has 1 fully saturated rings. The summed E-state index contributed by atoms with van der Waals surface area (Å²) in [6, 6.07) is 4.87. The normalized spacial score (nSPS) is 19.4. The maximum absolute atomic E-state index is 12.4. The lowest BCUT2D eigenvalue weighted by Crippen LogP contribution is -2.33. The van der Waals surface area contributed by atoms with E-state index >= 15 is 0 Å². The Morgan fingerprint density at radius 3 is 2.90 bits per heavy atom. The Balaban J connectivity index is 2.11. The molecule has 0 aliphatic carbocycles. The Kier molecular flexibility index (Phi) is 5.58. The van der Waals surface area contributed by atoms with Gasteiger partial charge in [-0.05, 0) is 36.5 Å². The number of ether oxygens (including phenoxy) is 2. The highest BCUT2D eigenvalue weighted by atomic mass is 32.2. The fraction of sp³-hybridized carbons (Fsp3) is 0.571. The zero-order valence-electron chi connectivity index (χ0n) is 12.2. The van der Waals surface area contributed by atoms with Gasteiger partial charge in [0.15, 0.2) is 0 Å². The van der Waals surface area contributed by atoms with Crippen molar-refractivity contribution in [2.75, 3.05) is 26.9 Å². The number of hydrogen-bond donors (Lipinski definition) is 2. The fourth-order valence-corrected chi connectivity index (χ4v) is 3.60. The minimum atomic E-state index is -3.60. The quantitative estimate of drug-likeness (QED) is 0.812. The van der Waals surface area contributed by atoms with E-state index in [1.165, 1.54) is 13.2 Å². The zero-order chi connectivity index (χ0) is 15.3. The molecule has 3 N–H and O–H groups in total. The van der Waals surface area contributed by atoms with Crippen LogP contribution >= 0.6 is 0 Å². The number of benzene rings is 1. The van der Waals surface area contributed by atoms with Gasteiger partial charge in [0.25, 0.3) is 0 Å². The molecule has 1 heterocycles. The van der Waals surface area contributed by atoms with Crippen LogP contribution in [0.4, 0.5) is 0 Å². The number of nitrogens with one attached hydrogen (secondary N) is 1. The van der Waals surface area contributed by atoms with Gasteiger partial charge in [-0.15, -0.1) is 0 Å². The van der Waals surface area contributed by atoms with Crippen molar-refractivity contribution in [2.45, 2.75) is 24.3 Å². The first-order valence-electron chi connectivity index (χ1n) is 7.01. The number of sulfonamides is 1. The third kappa shape index (κ3) is 4.16. The number of nitrogens with two attached hydrogens (primary N) is 1. The van der Waals surface area contributed by atoms with E-state index in [1.54, 1.807) is 12.1 Å². The smallest absolute Gasteiger partial charge is 0.244 e. The van der Waals surface area contributed by atoms with Crippen LogP contribution in [0.15, 0.2) is 23.1 Å². The van der Waals surface area contributed by atoms with Gasteiger partial charge in [-0.1, -0.05) is 6.07 Å². The minimum absolute atomic E-state index is 0.138. The molecule has 1 aliphatic rings. The Morgan fingerprint density at radius 1 is 1.48 bits per heavy atom. The summed E-state index contributed by atoms with van der Waals surface area (Å²) in [7, 11) is -2.15. The molecule has 1 atom stereocenters. The summed E-state index contributed by atoms with van der Waals surface area (Å²) in [5.41, 5.74) is 6.38. The van der Waals surface area contributed by atoms with Crippen molar-refractivity contribution in [2.24, 2.45) is 11.7 Å². The Labute approximate surface area is 125 Å². The SMILES string of the molecule is COc1cc(CN)ccc1S(=O)(=O)NCC1CCCOC1. The van der Waals surface area contributed by atoms with Gasteiger partial charge in [-0.2, -0.15) is 0 Å². The van der Waals surface area contributed by atoms with E-state index in [1.807, 2.05) is 0 Å². The Hall–Kier alpha value is -1.15. The molecule has 6 nitrogen and oxygen atoms in total. The second-order valence-electron chi connectivity index (χ2n) is 5.12. The molecule has 1 aliphatic heterocycles. The average molecular weight is 314 g/mol. The van der Waals surface area contributed by atoms with E-state index in [9.17, 15) is 8.42 Å². The predicted octanol–water partition coefficient (Wildman–Crippen LogP) is 0.859. The molecule has 0 amide bonds. The molecule has 1 aromatic rings. The van der Waals surface area contributed by atoms with Crippen LogP contribution in [0, 0.1) is 5.92 Å². The molecule has 2 rings (SSSR count). The van der Waals surface area contributed by atoms with E-state index in [0.717, 1.165) is 25.0 Å². The molecule has 0 spiro atoms. The lowest BCUT2D eigenvalue weighted by Gasteiger charge is -2.22. The summed E-state index contributed by atoms with van der Waals surface area (Å²) in [6.07, 6.45) is 1.95. The van der Waals surface area contributed by atoms with Gasteiger partial charge in [0, 0.05) is 19.7 Å². The van der Waals surface area contributed by atoms with Crippen LogP contribution in [0.1, 0.15) is 18.4 Å².